The lowest BCUT2D eigenvalue weighted by Gasteiger charge is -2.27. The quantitative estimate of drug-likeness (QED) is 0.235. The summed E-state index contributed by atoms with van der Waals surface area (Å²) in [6.07, 6.45) is 0. The number of aryl methyl sites for hydroxylation is 1. The predicted molar refractivity (Wildman–Crippen MR) is 141 cm³/mol. The zero-order chi connectivity index (χ0) is 24.7. The van der Waals surface area contributed by atoms with Crippen LogP contribution in [0.3, 0.4) is 0 Å². The van der Waals surface area contributed by atoms with Crippen LogP contribution in [-0.4, -0.2) is 30.9 Å². The Bertz CT molecular complexity index is 1480. The highest BCUT2D eigenvalue weighted by atomic mass is 16.3. The first-order chi connectivity index (χ1) is 16.9. The first-order valence-corrected chi connectivity index (χ1v) is 11.5. The molecule has 0 aromatic heterocycles. The maximum absolute atomic E-state index is 13.5. The van der Waals surface area contributed by atoms with Gasteiger partial charge in [-0.1, -0.05) is 66.7 Å². The van der Waals surface area contributed by atoms with Crippen LogP contribution in [0.4, 0.5) is 11.4 Å². The fourth-order valence-corrected chi connectivity index (χ4v) is 4.78. The number of hydrogen-bond acceptors (Lipinski definition) is 4. The molecule has 0 aliphatic carbocycles. The maximum Gasteiger partial charge on any atom is 0.300 e. The van der Waals surface area contributed by atoms with E-state index in [1.807, 2.05) is 111 Å². The summed E-state index contributed by atoms with van der Waals surface area (Å²) in [6, 6.07) is 27.7. The molecule has 5 heteroatoms. The Kier molecular flexibility index (Phi) is 5.61. The lowest BCUT2D eigenvalue weighted by molar-refractivity contribution is -0.132. The summed E-state index contributed by atoms with van der Waals surface area (Å²) >= 11 is 0. The van der Waals surface area contributed by atoms with Gasteiger partial charge in [-0.2, -0.15) is 0 Å². The number of aliphatic hydroxyl groups excluding tert-OH is 1. The van der Waals surface area contributed by atoms with E-state index in [0.717, 1.165) is 27.6 Å². The fourth-order valence-electron chi connectivity index (χ4n) is 4.78. The smallest absolute Gasteiger partial charge is 0.300 e. The summed E-state index contributed by atoms with van der Waals surface area (Å²) in [4.78, 5) is 30.4. The van der Waals surface area contributed by atoms with Crippen LogP contribution in [-0.2, 0) is 9.59 Å². The van der Waals surface area contributed by atoms with Crippen molar-refractivity contribution in [2.75, 3.05) is 23.9 Å². The lowest BCUT2D eigenvalue weighted by atomic mass is 9.91. The molecule has 174 valence electrons. The minimum Gasteiger partial charge on any atom is -0.507 e. The molecule has 0 radical (unpaired) electrons. The van der Waals surface area contributed by atoms with Gasteiger partial charge in [0.2, 0.25) is 0 Å². The van der Waals surface area contributed by atoms with Crippen molar-refractivity contribution in [3.63, 3.8) is 0 Å². The Labute approximate surface area is 204 Å². The SMILES string of the molecule is Cc1ccccc1C1/C(=C(\O)c2cccc3ccccc23)C(=O)C(=O)N1c1ccc(N(C)C)cc1. The van der Waals surface area contributed by atoms with Crippen molar-refractivity contribution >= 4 is 39.6 Å². The van der Waals surface area contributed by atoms with Crippen LogP contribution in [0.5, 0.6) is 0 Å². The van der Waals surface area contributed by atoms with Crippen molar-refractivity contribution < 1.29 is 14.7 Å². The van der Waals surface area contributed by atoms with Gasteiger partial charge >= 0.3 is 0 Å². The molecular formula is C30H26N2O3. The number of rotatable bonds is 4. The van der Waals surface area contributed by atoms with Crippen LogP contribution in [0.25, 0.3) is 16.5 Å². The minimum atomic E-state index is -0.750. The zero-order valence-corrected chi connectivity index (χ0v) is 19.9. The predicted octanol–water partition coefficient (Wildman–Crippen LogP) is 5.84. The Morgan fingerprint density at radius 1 is 0.829 bits per heavy atom. The number of aliphatic hydroxyl groups is 1. The van der Waals surface area contributed by atoms with Gasteiger partial charge in [0.1, 0.15) is 5.76 Å². The van der Waals surface area contributed by atoms with E-state index in [9.17, 15) is 14.7 Å². The second kappa shape index (κ2) is 8.76. The molecule has 1 N–H and O–H groups in total. The number of benzene rings is 4. The van der Waals surface area contributed by atoms with Gasteiger partial charge in [-0.3, -0.25) is 14.5 Å². The molecular weight excluding hydrogens is 436 g/mol. The van der Waals surface area contributed by atoms with E-state index in [-0.39, 0.29) is 11.3 Å². The third kappa shape index (κ3) is 3.75. The standard InChI is InChI=1S/C30H26N2O3/c1-19-9-4-6-12-23(19)27-26(28(33)25-14-8-11-20-10-5-7-13-24(20)25)29(34)30(35)32(27)22-17-15-21(16-18-22)31(2)3/h4-18,27,33H,1-3H3/b28-26+. The number of amides is 1. The third-order valence-electron chi connectivity index (χ3n) is 6.62. The summed E-state index contributed by atoms with van der Waals surface area (Å²) in [5.74, 6) is -1.51. The highest BCUT2D eigenvalue weighted by Crippen LogP contribution is 2.44. The van der Waals surface area contributed by atoms with E-state index in [1.165, 1.54) is 4.90 Å². The number of Topliss-reactive ketones (excluding diaryl/α,β-unsaturated/α-hetero) is 1. The Balaban J connectivity index is 1.76. The summed E-state index contributed by atoms with van der Waals surface area (Å²) in [5, 5.41) is 13.3. The van der Waals surface area contributed by atoms with Gasteiger partial charge in [0.25, 0.3) is 11.7 Å². The van der Waals surface area contributed by atoms with Gasteiger partial charge < -0.3 is 10.0 Å². The van der Waals surface area contributed by atoms with Crippen molar-refractivity contribution in [2.45, 2.75) is 13.0 Å². The van der Waals surface area contributed by atoms with E-state index in [1.54, 1.807) is 6.07 Å². The third-order valence-corrected chi connectivity index (χ3v) is 6.62. The largest absolute Gasteiger partial charge is 0.507 e. The first-order valence-electron chi connectivity index (χ1n) is 11.5. The molecule has 4 aromatic rings. The second-order valence-electron chi connectivity index (χ2n) is 8.96. The molecule has 1 amide bonds. The van der Waals surface area contributed by atoms with Gasteiger partial charge in [-0.05, 0) is 53.1 Å². The summed E-state index contributed by atoms with van der Waals surface area (Å²) in [6.45, 7) is 1.95. The number of ketones is 1. The number of fused-ring (bicyclic) bond motifs is 1. The van der Waals surface area contributed by atoms with Gasteiger partial charge in [0.05, 0.1) is 11.6 Å². The second-order valence-corrected chi connectivity index (χ2v) is 8.96. The molecule has 1 unspecified atom stereocenters. The molecule has 1 atom stereocenters. The summed E-state index contributed by atoms with van der Waals surface area (Å²) < 4.78 is 0. The molecule has 1 saturated heterocycles. The van der Waals surface area contributed by atoms with Crippen LogP contribution in [0, 0.1) is 6.92 Å². The first kappa shape index (κ1) is 22.4. The van der Waals surface area contributed by atoms with Gasteiger partial charge in [0.15, 0.2) is 0 Å². The number of carbonyl (C=O) groups is 2. The normalized spacial score (nSPS) is 17.2. The minimum absolute atomic E-state index is 0.0948. The zero-order valence-electron chi connectivity index (χ0n) is 19.9. The Morgan fingerprint density at radius 3 is 2.20 bits per heavy atom. The molecule has 35 heavy (non-hydrogen) atoms. The summed E-state index contributed by atoms with van der Waals surface area (Å²) in [7, 11) is 3.89. The summed E-state index contributed by atoms with van der Waals surface area (Å²) in [5.41, 5.74) is 3.93. The highest BCUT2D eigenvalue weighted by molar-refractivity contribution is 6.51. The van der Waals surface area contributed by atoms with Crippen molar-refractivity contribution in [1.82, 2.24) is 0 Å². The average molecular weight is 463 g/mol. The van der Waals surface area contributed by atoms with E-state index in [0.29, 0.717) is 11.3 Å². The topological polar surface area (TPSA) is 60.9 Å². The van der Waals surface area contributed by atoms with Crippen molar-refractivity contribution in [3.05, 3.63) is 113 Å². The van der Waals surface area contributed by atoms with E-state index in [4.69, 9.17) is 0 Å². The van der Waals surface area contributed by atoms with Crippen LogP contribution < -0.4 is 9.80 Å². The van der Waals surface area contributed by atoms with Gasteiger partial charge in [-0.25, -0.2) is 0 Å². The molecule has 5 nitrogen and oxygen atoms in total. The molecule has 1 aliphatic rings. The number of anilines is 2. The highest BCUT2D eigenvalue weighted by Gasteiger charge is 2.47. The lowest BCUT2D eigenvalue weighted by Crippen LogP contribution is -2.29. The van der Waals surface area contributed by atoms with E-state index in [2.05, 4.69) is 0 Å². The van der Waals surface area contributed by atoms with E-state index >= 15 is 0 Å². The number of nitrogens with zero attached hydrogens (tertiary/aromatic N) is 2. The molecule has 0 bridgehead atoms. The van der Waals surface area contributed by atoms with Gasteiger partial charge in [0, 0.05) is 31.0 Å². The van der Waals surface area contributed by atoms with Crippen molar-refractivity contribution in [1.29, 1.82) is 0 Å². The fraction of sp³-hybridized carbons (Fsp3) is 0.133. The Morgan fingerprint density at radius 2 is 1.49 bits per heavy atom. The van der Waals surface area contributed by atoms with Crippen LogP contribution >= 0.6 is 0 Å². The maximum atomic E-state index is 13.5. The molecule has 4 aromatic carbocycles. The van der Waals surface area contributed by atoms with E-state index < -0.39 is 17.7 Å². The van der Waals surface area contributed by atoms with Gasteiger partial charge in [-0.15, -0.1) is 0 Å². The van der Waals surface area contributed by atoms with Crippen LogP contribution in [0.1, 0.15) is 22.7 Å². The average Bonchev–Trinajstić information content (AvgIpc) is 3.13. The molecule has 0 spiro atoms. The van der Waals surface area contributed by atoms with Crippen LogP contribution in [0.15, 0.2) is 96.6 Å². The molecule has 1 aliphatic heterocycles. The monoisotopic (exact) mass is 462 g/mol. The molecule has 1 fully saturated rings. The van der Waals surface area contributed by atoms with Crippen molar-refractivity contribution in [2.24, 2.45) is 0 Å². The number of carbonyl (C=O) groups excluding carboxylic acids is 2. The molecule has 0 saturated carbocycles. The molecule has 5 rings (SSSR count). The Hall–Kier alpha value is -4.38. The molecule has 1 heterocycles. The number of hydrogen-bond donors (Lipinski definition) is 1. The van der Waals surface area contributed by atoms with Crippen LogP contribution in [0.2, 0.25) is 0 Å². The van der Waals surface area contributed by atoms with Crippen molar-refractivity contribution in [3.8, 4) is 0 Å².